The number of carbonyl (C=O) groups excluding carboxylic acids is 1. The molecule has 0 fully saturated rings. The summed E-state index contributed by atoms with van der Waals surface area (Å²) in [5.41, 5.74) is 3.41. The molecule has 3 rings (SSSR count). The molecule has 2 amide bonds. The van der Waals surface area contributed by atoms with Crippen LogP contribution in [0, 0.1) is 0 Å². The van der Waals surface area contributed by atoms with Gasteiger partial charge >= 0.3 is 6.03 Å². The van der Waals surface area contributed by atoms with E-state index in [4.69, 9.17) is 18.9 Å². The number of methoxy groups -OCH3 is 4. The number of benzene rings is 2. The Morgan fingerprint density at radius 1 is 0.968 bits per heavy atom. The fraction of sp³-hybridized carbons (Fsp3) is 0.458. The fourth-order valence-corrected chi connectivity index (χ4v) is 4.16. The van der Waals surface area contributed by atoms with Crippen molar-refractivity contribution in [1.82, 2.24) is 10.2 Å². The van der Waals surface area contributed by atoms with Gasteiger partial charge in [-0.15, -0.1) is 0 Å². The molecule has 0 bridgehead atoms. The monoisotopic (exact) mass is 428 g/mol. The molecule has 168 valence electrons. The van der Waals surface area contributed by atoms with Gasteiger partial charge in [0.25, 0.3) is 0 Å². The molecule has 0 saturated heterocycles. The van der Waals surface area contributed by atoms with E-state index in [0.717, 1.165) is 29.7 Å². The Morgan fingerprint density at radius 2 is 1.61 bits per heavy atom. The Hall–Kier alpha value is -3.09. The third-order valence-corrected chi connectivity index (χ3v) is 5.79. The average molecular weight is 429 g/mol. The summed E-state index contributed by atoms with van der Waals surface area (Å²) in [6.07, 6.45) is 2.32. The van der Waals surface area contributed by atoms with E-state index >= 15 is 0 Å². The molecule has 1 aliphatic heterocycles. The van der Waals surface area contributed by atoms with Crippen LogP contribution in [-0.2, 0) is 12.8 Å². The number of ether oxygens (including phenoxy) is 4. The van der Waals surface area contributed by atoms with Crippen LogP contribution in [0.15, 0.2) is 30.3 Å². The van der Waals surface area contributed by atoms with Crippen molar-refractivity contribution in [3.05, 3.63) is 47.0 Å². The Labute approximate surface area is 184 Å². The van der Waals surface area contributed by atoms with Crippen LogP contribution in [0.25, 0.3) is 0 Å². The van der Waals surface area contributed by atoms with Crippen molar-refractivity contribution in [2.24, 2.45) is 0 Å². The van der Waals surface area contributed by atoms with Crippen LogP contribution in [0.3, 0.4) is 0 Å². The maximum atomic E-state index is 13.0. The lowest BCUT2D eigenvalue weighted by atomic mass is 9.90. The van der Waals surface area contributed by atoms with Crippen molar-refractivity contribution in [2.45, 2.75) is 32.2 Å². The molecule has 1 heterocycles. The second-order valence-corrected chi connectivity index (χ2v) is 7.44. The summed E-state index contributed by atoms with van der Waals surface area (Å²) in [5, 5.41) is 3.07. The smallest absolute Gasteiger partial charge is 0.317 e. The van der Waals surface area contributed by atoms with E-state index in [-0.39, 0.29) is 12.1 Å². The third-order valence-electron chi connectivity index (χ3n) is 5.79. The summed E-state index contributed by atoms with van der Waals surface area (Å²) in [5.74, 6) is 2.80. The topological polar surface area (TPSA) is 69.3 Å². The summed E-state index contributed by atoms with van der Waals surface area (Å²) in [7, 11) is 6.51. The van der Waals surface area contributed by atoms with Crippen molar-refractivity contribution >= 4 is 6.03 Å². The number of hydrogen-bond acceptors (Lipinski definition) is 5. The van der Waals surface area contributed by atoms with E-state index in [9.17, 15) is 4.79 Å². The molecular formula is C24H32N2O5. The average Bonchev–Trinajstić information content (AvgIpc) is 2.81. The number of hydrogen-bond donors (Lipinski definition) is 1. The van der Waals surface area contributed by atoms with E-state index < -0.39 is 0 Å². The Morgan fingerprint density at radius 3 is 2.26 bits per heavy atom. The van der Waals surface area contributed by atoms with Crippen LogP contribution < -0.4 is 24.3 Å². The van der Waals surface area contributed by atoms with E-state index in [1.807, 2.05) is 35.2 Å². The lowest BCUT2D eigenvalue weighted by Crippen LogP contribution is -2.46. The zero-order valence-corrected chi connectivity index (χ0v) is 19.0. The van der Waals surface area contributed by atoms with Crippen molar-refractivity contribution in [2.75, 3.05) is 41.5 Å². The second-order valence-electron chi connectivity index (χ2n) is 7.44. The molecule has 0 aliphatic carbocycles. The van der Waals surface area contributed by atoms with E-state index in [1.165, 1.54) is 5.56 Å². The van der Waals surface area contributed by atoms with Gasteiger partial charge in [-0.1, -0.05) is 13.0 Å². The first-order valence-electron chi connectivity index (χ1n) is 10.6. The summed E-state index contributed by atoms with van der Waals surface area (Å²) >= 11 is 0. The maximum Gasteiger partial charge on any atom is 0.317 e. The van der Waals surface area contributed by atoms with Crippen molar-refractivity contribution < 1.29 is 23.7 Å². The minimum Gasteiger partial charge on any atom is -0.493 e. The number of nitrogens with zero attached hydrogens (tertiary/aromatic N) is 1. The van der Waals surface area contributed by atoms with Crippen LogP contribution in [0.1, 0.15) is 36.1 Å². The molecule has 1 unspecified atom stereocenters. The Balaban J connectivity index is 1.67. The zero-order chi connectivity index (χ0) is 22.4. The predicted molar refractivity (Wildman–Crippen MR) is 120 cm³/mol. The molecule has 1 N–H and O–H groups in total. The molecule has 2 aromatic carbocycles. The first kappa shape index (κ1) is 22.6. The molecule has 31 heavy (non-hydrogen) atoms. The molecule has 1 aliphatic rings. The second kappa shape index (κ2) is 10.3. The number of carbonyl (C=O) groups is 1. The number of amides is 2. The van der Waals surface area contributed by atoms with Gasteiger partial charge in [0.15, 0.2) is 23.0 Å². The first-order valence-corrected chi connectivity index (χ1v) is 10.6. The van der Waals surface area contributed by atoms with E-state index in [2.05, 4.69) is 12.2 Å². The van der Waals surface area contributed by atoms with Crippen LogP contribution >= 0.6 is 0 Å². The van der Waals surface area contributed by atoms with Crippen LogP contribution in [0.5, 0.6) is 23.0 Å². The molecule has 0 aromatic heterocycles. The molecule has 7 heteroatoms. The number of nitrogens with one attached hydrogen (secondary N) is 1. The molecule has 0 saturated carbocycles. The molecule has 0 radical (unpaired) electrons. The zero-order valence-electron chi connectivity index (χ0n) is 19.0. The predicted octanol–water partition coefficient (Wildman–Crippen LogP) is 3.98. The van der Waals surface area contributed by atoms with Crippen LogP contribution in [0.2, 0.25) is 0 Å². The van der Waals surface area contributed by atoms with Gasteiger partial charge < -0.3 is 29.2 Å². The van der Waals surface area contributed by atoms with E-state index in [1.54, 1.807) is 28.4 Å². The van der Waals surface area contributed by atoms with Gasteiger partial charge in [-0.05, 0) is 60.2 Å². The Kier molecular flexibility index (Phi) is 7.50. The number of urea groups is 1. The van der Waals surface area contributed by atoms with Crippen molar-refractivity contribution in [1.29, 1.82) is 0 Å². The van der Waals surface area contributed by atoms with E-state index in [0.29, 0.717) is 36.8 Å². The van der Waals surface area contributed by atoms with Gasteiger partial charge in [0.05, 0.1) is 34.5 Å². The third kappa shape index (κ3) is 4.81. The highest BCUT2D eigenvalue weighted by Crippen LogP contribution is 2.39. The van der Waals surface area contributed by atoms with Gasteiger partial charge in [0.2, 0.25) is 0 Å². The highest BCUT2D eigenvalue weighted by Gasteiger charge is 2.30. The summed E-state index contributed by atoms with van der Waals surface area (Å²) in [4.78, 5) is 14.9. The van der Waals surface area contributed by atoms with Crippen LogP contribution in [0.4, 0.5) is 4.79 Å². The normalized spacial score (nSPS) is 15.1. The van der Waals surface area contributed by atoms with Crippen LogP contribution in [-0.4, -0.2) is 52.5 Å². The van der Waals surface area contributed by atoms with Gasteiger partial charge in [-0.25, -0.2) is 4.79 Å². The molecule has 1 atom stereocenters. The molecule has 7 nitrogen and oxygen atoms in total. The van der Waals surface area contributed by atoms with Gasteiger partial charge in [0.1, 0.15) is 0 Å². The summed E-state index contributed by atoms with van der Waals surface area (Å²) < 4.78 is 21.5. The van der Waals surface area contributed by atoms with Gasteiger partial charge in [0, 0.05) is 13.1 Å². The number of fused-ring (bicyclic) bond motifs is 1. The SMILES string of the molecule is CCC1c2cc(OC)c(OC)cc2CCN1C(=O)NCCc1ccc(OC)c(OC)c1. The summed E-state index contributed by atoms with van der Waals surface area (Å²) in [6.45, 7) is 3.31. The standard InChI is InChI=1S/C24H32N2O5/c1-6-19-18-15-23(31-5)22(30-4)14-17(18)10-12-26(19)24(27)25-11-9-16-7-8-20(28-2)21(13-16)29-3/h7-8,13-15,19H,6,9-12H2,1-5H3,(H,25,27). The fourth-order valence-electron chi connectivity index (χ4n) is 4.16. The number of rotatable bonds is 8. The lowest BCUT2D eigenvalue weighted by Gasteiger charge is -2.37. The van der Waals surface area contributed by atoms with Crippen molar-refractivity contribution in [3.8, 4) is 23.0 Å². The lowest BCUT2D eigenvalue weighted by molar-refractivity contribution is 0.167. The highest BCUT2D eigenvalue weighted by atomic mass is 16.5. The first-order chi connectivity index (χ1) is 15.1. The maximum absolute atomic E-state index is 13.0. The van der Waals surface area contributed by atoms with Gasteiger partial charge in [-0.2, -0.15) is 0 Å². The Bertz CT molecular complexity index is 915. The molecular weight excluding hydrogens is 396 g/mol. The highest BCUT2D eigenvalue weighted by molar-refractivity contribution is 5.75. The minimum absolute atomic E-state index is 0.00429. The molecule has 2 aromatic rings. The van der Waals surface area contributed by atoms with Crippen molar-refractivity contribution in [3.63, 3.8) is 0 Å². The largest absolute Gasteiger partial charge is 0.493 e. The quantitative estimate of drug-likeness (QED) is 0.689. The molecule has 0 spiro atoms. The minimum atomic E-state index is -0.0484. The van der Waals surface area contributed by atoms with Gasteiger partial charge in [-0.3, -0.25) is 0 Å². The summed E-state index contributed by atoms with van der Waals surface area (Å²) in [6, 6.07) is 9.80.